The minimum Gasteiger partial charge on any atom is -0.295 e. The summed E-state index contributed by atoms with van der Waals surface area (Å²) in [4.78, 5) is 12.0. The lowest BCUT2D eigenvalue weighted by molar-refractivity contribution is -0.134. The predicted octanol–water partition coefficient (Wildman–Crippen LogP) is 2.87. The van der Waals surface area contributed by atoms with Gasteiger partial charge >= 0.3 is 6.18 Å². The lowest BCUT2D eigenvalue weighted by Crippen LogP contribution is -2.45. The summed E-state index contributed by atoms with van der Waals surface area (Å²) in [5.74, 6) is 0. The van der Waals surface area contributed by atoms with Crippen LogP contribution >= 0.6 is 11.3 Å². The summed E-state index contributed by atoms with van der Waals surface area (Å²) in [5.41, 5.74) is 1.04. The highest BCUT2D eigenvalue weighted by atomic mass is 32.1. The molecule has 124 valence electrons. The van der Waals surface area contributed by atoms with Gasteiger partial charge in [-0.05, 0) is 12.1 Å². The number of halogens is 3. The van der Waals surface area contributed by atoms with Crippen molar-refractivity contribution in [3.63, 3.8) is 0 Å². The van der Waals surface area contributed by atoms with Crippen molar-refractivity contribution >= 4 is 11.3 Å². The van der Waals surface area contributed by atoms with Crippen LogP contribution in [0.1, 0.15) is 15.6 Å². The molecule has 0 saturated carbocycles. The predicted molar refractivity (Wildman–Crippen MR) is 81.9 cm³/mol. The Morgan fingerprint density at radius 3 is 2.26 bits per heavy atom. The largest absolute Gasteiger partial charge is 0.427 e. The summed E-state index contributed by atoms with van der Waals surface area (Å²) in [5, 5.41) is 0.524. The van der Waals surface area contributed by atoms with Crippen LogP contribution < -0.4 is 0 Å². The molecule has 3 rings (SSSR count). The Morgan fingerprint density at radius 2 is 1.70 bits per heavy atom. The normalized spacial score (nSPS) is 17.5. The SMILES string of the molecule is FC(F)(F)c1cnc(CN2CCN(Cc3ccccn3)CC2)s1. The summed E-state index contributed by atoms with van der Waals surface area (Å²) >= 11 is 0.736. The van der Waals surface area contributed by atoms with E-state index in [1.807, 2.05) is 18.2 Å². The van der Waals surface area contributed by atoms with Crippen molar-refractivity contribution in [1.82, 2.24) is 19.8 Å². The average molecular weight is 342 g/mol. The third-order valence-corrected chi connectivity index (χ3v) is 4.80. The fraction of sp³-hybridized carbons (Fsp3) is 0.467. The second-order valence-corrected chi connectivity index (χ2v) is 6.60. The fourth-order valence-corrected chi connectivity index (χ4v) is 3.36. The van der Waals surface area contributed by atoms with Crippen molar-refractivity contribution in [2.75, 3.05) is 26.2 Å². The van der Waals surface area contributed by atoms with Gasteiger partial charge in [0.05, 0.1) is 18.4 Å². The van der Waals surface area contributed by atoms with Crippen LogP contribution in [0.2, 0.25) is 0 Å². The summed E-state index contributed by atoms with van der Waals surface area (Å²) in [6.45, 7) is 4.71. The van der Waals surface area contributed by atoms with Crippen LogP contribution in [0.4, 0.5) is 13.2 Å². The van der Waals surface area contributed by atoms with Gasteiger partial charge in [0.25, 0.3) is 0 Å². The number of alkyl halides is 3. The number of nitrogens with zero attached hydrogens (tertiary/aromatic N) is 4. The molecule has 0 N–H and O–H groups in total. The van der Waals surface area contributed by atoms with Gasteiger partial charge in [-0.15, -0.1) is 11.3 Å². The van der Waals surface area contributed by atoms with Crippen LogP contribution in [0.15, 0.2) is 30.6 Å². The van der Waals surface area contributed by atoms with E-state index in [4.69, 9.17) is 0 Å². The molecule has 4 nitrogen and oxygen atoms in total. The number of pyridine rings is 1. The fourth-order valence-electron chi connectivity index (χ4n) is 2.53. The van der Waals surface area contributed by atoms with E-state index < -0.39 is 11.1 Å². The third-order valence-electron chi connectivity index (χ3n) is 3.77. The summed E-state index contributed by atoms with van der Waals surface area (Å²) in [6.07, 6.45) is -1.58. The van der Waals surface area contributed by atoms with Gasteiger partial charge in [-0.25, -0.2) is 4.98 Å². The summed E-state index contributed by atoms with van der Waals surface area (Å²) < 4.78 is 37.7. The molecule has 2 aromatic rings. The average Bonchev–Trinajstić information content (AvgIpc) is 2.99. The van der Waals surface area contributed by atoms with Gasteiger partial charge in [0.15, 0.2) is 0 Å². The molecule has 1 saturated heterocycles. The highest BCUT2D eigenvalue weighted by molar-refractivity contribution is 7.11. The molecule has 0 amide bonds. The first-order chi connectivity index (χ1) is 11.0. The van der Waals surface area contributed by atoms with E-state index in [9.17, 15) is 13.2 Å². The molecule has 0 aliphatic carbocycles. The van der Waals surface area contributed by atoms with Crippen molar-refractivity contribution < 1.29 is 13.2 Å². The van der Waals surface area contributed by atoms with E-state index >= 15 is 0 Å². The van der Waals surface area contributed by atoms with E-state index in [1.54, 1.807) is 6.20 Å². The summed E-state index contributed by atoms with van der Waals surface area (Å²) in [6, 6.07) is 5.87. The number of piperazine rings is 1. The van der Waals surface area contributed by atoms with E-state index in [1.165, 1.54) is 0 Å². The van der Waals surface area contributed by atoms with Gasteiger partial charge in [0, 0.05) is 38.9 Å². The smallest absolute Gasteiger partial charge is 0.295 e. The van der Waals surface area contributed by atoms with Crippen LogP contribution in [-0.2, 0) is 19.3 Å². The quantitative estimate of drug-likeness (QED) is 0.855. The Kier molecular flexibility index (Phi) is 4.93. The van der Waals surface area contributed by atoms with Crippen LogP contribution in [0, 0.1) is 0 Å². The molecule has 0 spiro atoms. The van der Waals surface area contributed by atoms with Gasteiger partial charge < -0.3 is 0 Å². The molecule has 8 heteroatoms. The van der Waals surface area contributed by atoms with E-state index in [-0.39, 0.29) is 0 Å². The minimum atomic E-state index is -4.29. The van der Waals surface area contributed by atoms with Gasteiger partial charge in [0.2, 0.25) is 0 Å². The van der Waals surface area contributed by atoms with Crippen molar-refractivity contribution in [1.29, 1.82) is 0 Å². The zero-order valence-electron chi connectivity index (χ0n) is 12.5. The molecule has 0 radical (unpaired) electrons. The third kappa shape index (κ3) is 4.49. The van der Waals surface area contributed by atoms with E-state index in [0.29, 0.717) is 11.6 Å². The molecular weight excluding hydrogens is 325 g/mol. The Morgan fingerprint density at radius 1 is 1.00 bits per heavy atom. The maximum Gasteiger partial charge on any atom is 0.427 e. The first-order valence-corrected chi connectivity index (χ1v) is 8.19. The number of thiazole rings is 1. The van der Waals surface area contributed by atoms with Crippen LogP contribution in [0.3, 0.4) is 0 Å². The monoisotopic (exact) mass is 342 g/mol. The van der Waals surface area contributed by atoms with Gasteiger partial charge in [0.1, 0.15) is 9.88 Å². The number of rotatable bonds is 4. The number of hydrogen-bond acceptors (Lipinski definition) is 5. The van der Waals surface area contributed by atoms with Crippen molar-refractivity contribution in [3.8, 4) is 0 Å². The Balaban J connectivity index is 1.48. The molecule has 23 heavy (non-hydrogen) atoms. The zero-order chi connectivity index (χ0) is 16.3. The molecule has 3 heterocycles. The first kappa shape index (κ1) is 16.4. The second-order valence-electron chi connectivity index (χ2n) is 5.49. The minimum absolute atomic E-state index is 0.484. The molecule has 1 aliphatic heterocycles. The molecule has 1 aliphatic rings. The standard InChI is InChI=1S/C15H17F3N4S/c16-15(17,18)13-9-20-14(23-13)11-22-7-5-21(6-8-22)10-12-3-1-2-4-19-12/h1-4,9H,5-8,10-11H2. The zero-order valence-corrected chi connectivity index (χ0v) is 13.3. The maximum atomic E-state index is 12.6. The van der Waals surface area contributed by atoms with Crippen LogP contribution in [0.25, 0.3) is 0 Å². The highest BCUT2D eigenvalue weighted by Crippen LogP contribution is 2.33. The van der Waals surface area contributed by atoms with Gasteiger partial charge in [-0.2, -0.15) is 13.2 Å². The first-order valence-electron chi connectivity index (χ1n) is 7.37. The topological polar surface area (TPSA) is 32.3 Å². The Bertz CT molecular complexity index is 621. The molecule has 0 atom stereocenters. The molecule has 0 bridgehead atoms. The van der Waals surface area contributed by atoms with Crippen LogP contribution in [0.5, 0.6) is 0 Å². The maximum absolute atomic E-state index is 12.6. The number of hydrogen-bond donors (Lipinski definition) is 0. The molecular formula is C15H17F3N4S. The Hall–Kier alpha value is -1.51. The van der Waals surface area contributed by atoms with Gasteiger partial charge in [-0.3, -0.25) is 14.8 Å². The van der Waals surface area contributed by atoms with Crippen molar-refractivity contribution in [2.45, 2.75) is 19.3 Å². The molecule has 2 aromatic heterocycles. The van der Waals surface area contributed by atoms with Crippen molar-refractivity contribution in [2.24, 2.45) is 0 Å². The van der Waals surface area contributed by atoms with Crippen molar-refractivity contribution in [3.05, 3.63) is 46.2 Å². The van der Waals surface area contributed by atoms with E-state index in [0.717, 1.165) is 56.0 Å². The van der Waals surface area contributed by atoms with Crippen LogP contribution in [-0.4, -0.2) is 45.9 Å². The molecule has 0 aromatic carbocycles. The lowest BCUT2D eigenvalue weighted by atomic mass is 10.2. The lowest BCUT2D eigenvalue weighted by Gasteiger charge is -2.34. The molecule has 1 fully saturated rings. The summed E-state index contributed by atoms with van der Waals surface area (Å²) in [7, 11) is 0. The highest BCUT2D eigenvalue weighted by Gasteiger charge is 2.33. The number of aromatic nitrogens is 2. The Labute approximate surface area is 136 Å². The molecule has 0 unspecified atom stereocenters. The second kappa shape index (κ2) is 6.94. The van der Waals surface area contributed by atoms with Gasteiger partial charge in [-0.1, -0.05) is 6.07 Å². The van der Waals surface area contributed by atoms with E-state index in [2.05, 4.69) is 19.8 Å².